The molecule has 0 aliphatic rings. The molecule has 106 valence electrons. The Morgan fingerprint density at radius 2 is 1.90 bits per heavy atom. The highest BCUT2D eigenvalue weighted by molar-refractivity contribution is 5.97. The van der Waals surface area contributed by atoms with E-state index in [1.165, 1.54) is 4.90 Å². The van der Waals surface area contributed by atoms with E-state index >= 15 is 0 Å². The van der Waals surface area contributed by atoms with Crippen LogP contribution < -0.4 is 5.32 Å². The number of hydrogen-bond acceptors (Lipinski definition) is 3. The van der Waals surface area contributed by atoms with Crippen molar-refractivity contribution in [3.05, 3.63) is 35.4 Å². The highest BCUT2D eigenvalue weighted by atomic mass is 16.2. The number of aliphatic hydroxyl groups is 1. The molecule has 20 heavy (non-hydrogen) atoms. The minimum Gasteiger partial charge on any atom is -0.384 e. The summed E-state index contributed by atoms with van der Waals surface area (Å²) in [6.07, 6.45) is 0. The summed E-state index contributed by atoms with van der Waals surface area (Å²) in [4.78, 5) is 25.0. The van der Waals surface area contributed by atoms with Crippen LogP contribution in [0.3, 0.4) is 0 Å². The summed E-state index contributed by atoms with van der Waals surface area (Å²) in [6.45, 7) is 1.44. The lowest BCUT2D eigenvalue weighted by Crippen LogP contribution is -2.44. The van der Waals surface area contributed by atoms with E-state index in [2.05, 4.69) is 17.2 Å². The number of carbonyl (C=O) groups excluding carboxylic acids is 2. The van der Waals surface area contributed by atoms with Gasteiger partial charge in [0.15, 0.2) is 0 Å². The molecule has 0 radical (unpaired) electrons. The van der Waals surface area contributed by atoms with Crippen molar-refractivity contribution in [2.75, 3.05) is 20.7 Å². The highest BCUT2D eigenvalue weighted by Crippen LogP contribution is 2.04. The highest BCUT2D eigenvalue weighted by Gasteiger charge is 2.17. The minimum absolute atomic E-state index is 0.163. The Balaban J connectivity index is 2.71. The third-order valence-corrected chi connectivity index (χ3v) is 2.62. The molecule has 0 heterocycles. The van der Waals surface area contributed by atoms with Crippen LogP contribution in [0.4, 0.5) is 0 Å². The average Bonchev–Trinajstić information content (AvgIpc) is 2.44. The number of amides is 2. The number of hydrogen-bond donors (Lipinski definition) is 2. The topological polar surface area (TPSA) is 69.6 Å². The van der Waals surface area contributed by atoms with Crippen LogP contribution in [0.2, 0.25) is 0 Å². The van der Waals surface area contributed by atoms with Gasteiger partial charge in [-0.15, -0.1) is 0 Å². The van der Waals surface area contributed by atoms with Crippen LogP contribution >= 0.6 is 0 Å². The molecule has 0 fully saturated rings. The van der Waals surface area contributed by atoms with Crippen molar-refractivity contribution in [3.8, 4) is 11.8 Å². The normalized spacial score (nSPS) is 11.0. The average molecular weight is 274 g/mol. The lowest BCUT2D eigenvalue weighted by molar-refractivity contribution is -0.130. The van der Waals surface area contributed by atoms with Gasteiger partial charge in [0.25, 0.3) is 5.91 Å². The Labute approximate surface area is 118 Å². The quantitative estimate of drug-likeness (QED) is 0.776. The molecular weight excluding hydrogens is 256 g/mol. The molecular formula is C15H18N2O3. The maximum absolute atomic E-state index is 11.9. The van der Waals surface area contributed by atoms with Crippen LogP contribution in [0.5, 0.6) is 0 Å². The molecule has 2 amide bonds. The summed E-state index contributed by atoms with van der Waals surface area (Å²) in [6, 6.07) is 6.06. The van der Waals surface area contributed by atoms with Crippen LogP contribution in [0.15, 0.2) is 24.3 Å². The maximum Gasteiger partial charge on any atom is 0.251 e. The van der Waals surface area contributed by atoms with Gasteiger partial charge in [0.2, 0.25) is 5.91 Å². The summed E-state index contributed by atoms with van der Waals surface area (Å²) in [5.41, 5.74) is 1.17. The number of carbonyl (C=O) groups is 2. The molecule has 1 atom stereocenters. The van der Waals surface area contributed by atoms with Crippen molar-refractivity contribution in [1.82, 2.24) is 10.2 Å². The molecule has 0 saturated heterocycles. The number of benzene rings is 1. The second-order valence-corrected chi connectivity index (χ2v) is 4.47. The number of rotatable bonds is 3. The van der Waals surface area contributed by atoms with Crippen LogP contribution in [-0.2, 0) is 4.79 Å². The Bertz CT molecular complexity index is 538. The lowest BCUT2D eigenvalue weighted by atomic mass is 10.1. The molecule has 1 rings (SSSR count). The summed E-state index contributed by atoms with van der Waals surface area (Å²) >= 11 is 0. The predicted octanol–water partition coefficient (Wildman–Crippen LogP) is 0.237. The van der Waals surface area contributed by atoms with E-state index < -0.39 is 6.04 Å². The predicted molar refractivity (Wildman–Crippen MR) is 76.0 cm³/mol. The lowest BCUT2D eigenvalue weighted by Gasteiger charge is -2.17. The molecule has 1 unspecified atom stereocenters. The number of nitrogens with one attached hydrogen (secondary N) is 1. The second-order valence-electron chi connectivity index (χ2n) is 4.47. The van der Waals surface area contributed by atoms with Crippen molar-refractivity contribution < 1.29 is 14.7 Å². The van der Waals surface area contributed by atoms with Crippen LogP contribution in [0.25, 0.3) is 0 Å². The largest absolute Gasteiger partial charge is 0.384 e. The van der Waals surface area contributed by atoms with Crippen molar-refractivity contribution >= 4 is 11.8 Å². The summed E-state index contributed by atoms with van der Waals surface area (Å²) in [7, 11) is 3.28. The maximum atomic E-state index is 11.9. The first-order chi connectivity index (χ1) is 9.45. The van der Waals surface area contributed by atoms with Gasteiger partial charge >= 0.3 is 0 Å². The van der Waals surface area contributed by atoms with Gasteiger partial charge in [-0.25, -0.2) is 0 Å². The number of aliphatic hydroxyl groups excluding tert-OH is 1. The molecule has 5 heteroatoms. The van der Waals surface area contributed by atoms with Gasteiger partial charge in [-0.05, 0) is 31.2 Å². The SMILES string of the molecule is CC(NC(=O)c1ccc(C#CCO)cc1)C(=O)N(C)C. The van der Waals surface area contributed by atoms with Crippen molar-refractivity contribution in [3.63, 3.8) is 0 Å². The minimum atomic E-state index is -0.577. The standard InChI is InChI=1S/C15H18N2O3/c1-11(15(20)17(2)3)16-14(19)13-8-6-12(7-9-13)5-4-10-18/h6-9,11,18H,10H2,1-3H3,(H,16,19). The zero-order valence-electron chi connectivity index (χ0n) is 11.8. The van der Waals surface area contributed by atoms with Crippen molar-refractivity contribution in [1.29, 1.82) is 0 Å². The van der Waals surface area contributed by atoms with Crippen molar-refractivity contribution in [2.45, 2.75) is 13.0 Å². The fraction of sp³-hybridized carbons (Fsp3) is 0.333. The molecule has 0 saturated carbocycles. The smallest absolute Gasteiger partial charge is 0.251 e. The fourth-order valence-electron chi connectivity index (χ4n) is 1.58. The Morgan fingerprint density at radius 3 is 2.40 bits per heavy atom. The molecule has 0 bridgehead atoms. The zero-order valence-corrected chi connectivity index (χ0v) is 11.8. The Hall–Kier alpha value is -2.32. The van der Waals surface area contributed by atoms with Crippen LogP contribution in [0, 0.1) is 11.8 Å². The molecule has 1 aromatic rings. The van der Waals surface area contributed by atoms with Gasteiger partial charge in [-0.3, -0.25) is 9.59 Å². The molecule has 0 aromatic heterocycles. The van der Waals surface area contributed by atoms with E-state index in [0.29, 0.717) is 11.1 Å². The van der Waals surface area contributed by atoms with E-state index in [0.717, 1.165) is 0 Å². The van der Waals surface area contributed by atoms with Gasteiger partial charge in [0.05, 0.1) is 0 Å². The first-order valence-corrected chi connectivity index (χ1v) is 6.17. The van der Waals surface area contributed by atoms with Gasteiger partial charge in [-0.1, -0.05) is 11.8 Å². The second kappa shape index (κ2) is 7.31. The summed E-state index contributed by atoms with van der Waals surface area (Å²) in [5.74, 6) is 4.80. The van der Waals surface area contributed by atoms with E-state index in [4.69, 9.17) is 5.11 Å². The first kappa shape index (κ1) is 15.7. The van der Waals surface area contributed by atoms with Crippen molar-refractivity contribution in [2.24, 2.45) is 0 Å². The third kappa shape index (κ3) is 4.41. The van der Waals surface area contributed by atoms with Gasteiger partial charge < -0.3 is 15.3 Å². The number of likely N-dealkylation sites (N-methyl/N-ethyl adjacent to an activating group) is 1. The number of nitrogens with zero attached hydrogens (tertiary/aromatic N) is 1. The van der Waals surface area contributed by atoms with Gasteiger partial charge in [0, 0.05) is 25.2 Å². The van der Waals surface area contributed by atoms with Gasteiger partial charge in [-0.2, -0.15) is 0 Å². The molecule has 0 aliphatic carbocycles. The molecule has 0 aliphatic heterocycles. The summed E-state index contributed by atoms with van der Waals surface area (Å²) < 4.78 is 0. The molecule has 0 spiro atoms. The van der Waals surface area contributed by atoms with E-state index in [1.54, 1.807) is 45.3 Å². The Kier molecular flexibility index (Phi) is 5.75. The molecule has 2 N–H and O–H groups in total. The van der Waals surface area contributed by atoms with Crippen LogP contribution in [-0.4, -0.2) is 48.6 Å². The fourth-order valence-corrected chi connectivity index (χ4v) is 1.58. The van der Waals surface area contributed by atoms with E-state index in [-0.39, 0.29) is 18.4 Å². The monoisotopic (exact) mass is 274 g/mol. The third-order valence-electron chi connectivity index (χ3n) is 2.62. The molecule has 1 aromatic carbocycles. The first-order valence-electron chi connectivity index (χ1n) is 6.17. The van der Waals surface area contributed by atoms with Crippen LogP contribution in [0.1, 0.15) is 22.8 Å². The summed E-state index contributed by atoms with van der Waals surface area (Å²) in [5, 5.41) is 11.2. The Morgan fingerprint density at radius 1 is 1.30 bits per heavy atom. The van der Waals surface area contributed by atoms with E-state index in [1.807, 2.05) is 0 Å². The van der Waals surface area contributed by atoms with Gasteiger partial charge in [0.1, 0.15) is 12.6 Å². The zero-order chi connectivity index (χ0) is 15.1. The molecule has 5 nitrogen and oxygen atoms in total. The van der Waals surface area contributed by atoms with E-state index in [9.17, 15) is 9.59 Å².